The largest absolute Gasteiger partial charge is 0.481 e. The number of nitrogens with zero attached hydrogens (tertiary/aromatic N) is 1. The molecule has 1 aromatic carbocycles. The second-order valence-corrected chi connectivity index (χ2v) is 5.41. The van der Waals surface area contributed by atoms with E-state index in [4.69, 9.17) is 5.11 Å². The van der Waals surface area contributed by atoms with Crippen LogP contribution in [0.1, 0.15) is 13.8 Å². The van der Waals surface area contributed by atoms with E-state index in [9.17, 15) is 4.79 Å². The molecule has 5 heteroatoms. The van der Waals surface area contributed by atoms with Crippen LogP contribution in [0.25, 0.3) is 10.8 Å². The van der Waals surface area contributed by atoms with Crippen LogP contribution in [0.5, 0.6) is 0 Å². The van der Waals surface area contributed by atoms with E-state index >= 15 is 0 Å². The Hall–Kier alpha value is -1.62. The molecule has 0 aliphatic heterocycles. The van der Waals surface area contributed by atoms with Crippen molar-refractivity contribution in [1.82, 2.24) is 4.98 Å². The lowest BCUT2D eigenvalue weighted by atomic mass is 10.0. The van der Waals surface area contributed by atoms with Crippen molar-refractivity contribution in [3.63, 3.8) is 0 Å². The van der Waals surface area contributed by atoms with Crippen LogP contribution in [0.3, 0.4) is 0 Å². The summed E-state index contributed by atoms with van der Waals surface area (Å²) in [6.07, 6.45) is 1.72. The van der Waals surface area contributed by atoms with Gasteiger partial charge in [0.1, 0.15) is 5.82 Å². The quantitative estimate of drug-likeness (QED) is 0.904. The summed E-state index contributed by atoms with van der Waals surface area (Å²) in [5.41, 5.74) is 0. The second kappa shape index (κ2) is 5.57. The molecule has 0 saturated heterocycles. The summed E-state index contributed by atoms with van der Waals surface area (Å²) in [6.45, 7) is 3.53. The van der Waals surface area contributed by atoms with Crippen molar-refractivity contribution >= 4 is 38.5 Å². The Balaban J connectivity index is 2.36. The first-order valence-corrected chi connectivity index (χ1v) is 6.82. The van der Waals surface area contributed by atoms with E-state index in [0.29, 0.717) is 5.82 Å². The molecule has 0 aliphatic carbocycles. The zero-order chi connectivity index (χ0) is 14.0. The molecule has 2 N–H and O–H groups in total. The van der Waals surface area contributed by atoms with E-state index in [1.165, 1.54) is 0 Å². The van der Waals surface area contributed by atoms with Crippen LogP contribution in [0, 0.1) is 5.92 Å². The average Bonchev–Trinajstić information content (AvgIpc) is 2.39. The normalized spacial score (nSPS) is 14.1. The smallest absolute Gasteiger partial charge is 0.308 e. The number of hydrogen-bond acceptors (Lipinski definition) is 3. The first-order chi connectivity index (χ1) is 9.00. The number of carboxylic acids is 1. The summed E-state index contributed by atoms with van der Waals surface area (Å²) in [5.74, 6) is -0.593. The van der Waals surface area contributed by atoms with Crippen LogP contribution in [0.4, 0.5) is 5.82 Å². The number of benzene rings is 1. The highest BCUT2D eigenvalue weighted by Crippen LogP contribution is 2.28. The lowest BCUT2D eigenvalue weighted by molar-refractivity contribution is -0.141. The first kappa shape index (κ1) is 13.8. The summed E-state index contributed by atoms with van der Waals surface area (Å²) >= 11 is 3.50. The number of nitrogens with one attached hydrogen (secondary N) is 1. The van der Waals surface area contributed by atoms with E-state index in [1.807, 2.05) is 31.2 Å². The van der Waals surface area contributed by atoms with Crippen molar-refractivity contribution < 1.29 is 9.90 Å². The molecule has 1 heterocycles. The van der Waals surface area contributed by atoms with Gasteiger partial charge in [-0.15, -0.1) is 0 Å². The predicted molar refractivity (Wildman–Crippen MR) is 79.3 cm³/mol. The molecule has 2 rings (SSSR count). The summed E-state index contributed by atoms with van der Waals surface area (Å²) in [7, 11) is 0. The van der Waals surface area contributed by atoms with Crippen LogP contribution in [-0.2, 0) is 4.79 Å². The molecule has 19 heavy (non-hydrogen) atoms. The molecule has 0 aliphatic rings. The van der Waals surface area contributed by atoms with Gasteiger partial charge >= 0.3 is 5.97 Å². The molecule has 0 saturated carbocycles. The second-order valence-electron chi connectivity index (χ2n) is 4.55. The number of rotatable bonds is 4. The summed E-state index contributed by atoms with van der Waals surface area (Å²) in [5, 5.41) is 14.2. The van der Waals surface area contributed by atoms with Crippen molar-refractivity contribution in [2.45, 2.75) is 19.9 Å². The highest BCUT2D eigenvalue weighted by atomic mass is 79.9. The van der Waals surface area contributed by atoms with Crippen LogP contribution < -0.4 is 5.32 Å². The molecule has 0 bridgehead atoms. The summed E-state index contributed by atoms with van der Waals surface area (Å²) in [4.78, 5) is 15.3. The van der Waals surface area contributed by atoms with Gasteiger partial charge in [-0.2, -0.15) is 0 Å². The van der Waals surface area contributed by atoms with E-state index in [2.05, 4.69) is 26.2 Å². The lowest BCUT2D eigenvalue weighted by Gasteiger charge is -2.19. The number of carbonyl (C=O) groups is 1. The molecule has 2 unspecified atom stereocenters. The third-order valence-electron chi connectivity index (χ3n) is 3.26. The van der Waals surface area contributed by atoms with Crippen molar-refractivity contribution in [2.75, 3.05) is 5.32 Å². The Labute approximate surface area is 120 Å². The van der Waals surface area contributed by atoms with E-state index in [-0.39, 0.29) is 6.04 Å². The van der Waals surface area contributed by atoms with Gasteiger partial charge in [0.25, 0.3) is 0 Å². The first-order valence-electron chi connectivity index (χ1n) is 6.03. The van der Waals surface area contributed by atoms with Gasteiger partial charge in [0.2, 0.25) is 0 Å². The van der Waals surface area contributed by atoms with Crippen molar-refractivity contribution in [1.29, 1.82) is 0 Å². The fourth-order valence-electron chi connectivity index (χ4n) is 1.84. The van der Waals surface area contributed by atoms with Crippen molar-refractivity contribution in [3.05, 3.63) is 34.9 Å². The maximum atomic E-state index is 11.0. The minimum atomic E-state index is -0.818. The molecule has 0 radical (unpaired) electrons. The number of anilines is 1. The van der Waals surface area contributed by atoms with E-state index in [1.54, 1.807) is 13.1 Å². The number of aliphatic carboxylic acids is 1. The Morgan fingerprint density at radius 2 is 2.05 bits per heavy atom. The van der Waals surface area contributed by atoms with Gasteiger partial charge in [0.15, 0.2) is 0 Å². The van der Waals surface area contributed by atoms with Gasteiger partial charge < -0.3 is 10.4 Å². The minimum absolute atomic E-state index is 0.199. The van der Waals surface area contributed by atoms with Gasteiger partial charge in [0.05, 0.1) is 5.92 Å². The Kier molecular flexibility index (Phi) is 4.04. The zero-order valence-electron chi connectivity index (χ0n) is 10.7. The molecular formula is C14H15BrN2O2. The molecule has 0 fully saturated rings. The highest BCUT2D eigenvalue weighted by molar-refractivity contribution is 9.10. The average molecular weight is 323 g/mol. The SMILES string of the molecule is CC(Nc1nccc2c(Br)cccc12)C(C)C(=O)O. The maximum absolute atomic E-state index is 11.0. The number of carboxylic acid groups (broad SMARTS) is 1. The third-order valence-corrected chi connectivity index (χ3v) is 3.95. The van der Waals surface area contributed by atoms with E-state index < -0.39 is 11.9 Å². The minimum Gasteiger partial charge on any atom is -0.481 e. The van der Waals surface area contributed by atoms with Crippen LogP contribution in [0.15, 0.2) is 34.9 Å². The number of halogens is 1. The molecule has 0 amide bonds. The molecule has 1 aromatic heterocycles. The molecular weight excluding hydrogens is 308 g/mol. The van der Waals surface area contributed by atoms with Crippen LogP contribution in [-0.4, -0.2) is 22.1 Å². The van der Waals surface area contributed by atoms with Gasteiger partial charge in [-0.3, -0.25) is 4.79 Å². The van der Waals surface area contributed by atoms with Crippen LogP contribution >= 0.6 is 15.9 Å². The highest BCUT2D eigenvalue weighted by Gasteiger charge is 2.20. The number of aromatic nitrogens is 1. The fraction of sp³-hybridized carbons (Fsp3) is 0.286. The molecule has 2 aromatic rings. The van der Waals surface area contributed by atoms with Crippen LogP contribution in [0.2, 0.25) is 0 Å². The van der Waals surface area contributed by atoms with Gasteiger partial charge in [-0.05, 0) is 26.0 Å². The standard InChI is InChI=1S/C14H15BrN2O2/c1-8(14(18)19)9(2)17-13-11-4-3-5-12(15)10(11)6-7-16-13/h3-9H,1-2H3,(H,16,17)(H,18,19). The monoisotopic (exact) mass is 322 g/mol. The lowest BCUT2D eigenvalue weighted by Crippen LogP contribution is -2.30. The molecule has 4 nitrogen and oxygen atoms in total. The third kappa shape index (κ3) is 2.87. The Morgan fingerprint density at radius 1 is 1.32 bits per heavy atom. The van der Waals surface area contributed by atoms with Gasteiger partial charge in [-0.25, -0.2) is 4.98 Å². The molecule has 0 spiro atoms. The van der Waals surface area contributed by atoms with Gasteiger partial charge in [0, 0.05) is 27.5 Å². The summed E-state index contributed by atoms with van der Waals surface area (Å²) < 4.78 is 0.995. The van der Waals surface area contributed by atoms with Gasteiger partial charge in [-0.1, -0.05) is 28.1 Å². The number of hydrogen-bond donors (Lipinski definition) is 2. The number of fused-ring (bicyclic) bond motifs is 1. The zero-order valence-corrected chi connectivity index (χ0v) is 12.3. The Bertz CT molecular complexity index is 615. The topological polar surface area (TPSA) is 62.2 Å². The van der Waals surface area contributed by atoms with Crippen molar-refractivity contribution in [3.8, 4) is 0 Å². The molecule has 2 atom stereocenters. The predicted octanol–water partition coefficient (Wildman–Crippen LogP) is 3.52. The van der Waals surface area contributed by atoms with Crippen molar-refractivity contribution in [2.24, 2.45) is 5.92 Å². The van der Waals surface area contributed by atoms with E-state index in [0.717, 1.165) is 15.2 Å². The Morgan fingerprint density at radius 3 is 2.74 bits per heavy atom. The molecule has 100 valence electrons. The number of pyridine rings is 1. The maximum Gasteiger partial charge on any atom is 0.308 e. The fourth-order valence-corrected chi connectivity index (χ4v) is 2.34. The summed E-state index contributed by atoms with van der Waals surface area (Å²) in [6, 6.07) is 7.60.